The molecule has 0 spiro atoms. The average Bonchev–Trinajstić information content (AvgIpc) is 3.15. The molecule has 104 valence electrons. The fourth-order valence-electron chi connectivity index (χ4n) is 1.83. The van der Waals surface area contributed by atoms with Crippen molar-refractivity contribution in [3.8, 4) is 0 Å². The SMILES string of the molecule is CCCCC/C=C\C1CC1C(=O)NOC(C)CC. The van der Waals surface area contributed by atoms with Crippen LogP contribution in [0.4, 0.5) is 0 Å². The number of amides is 1. The lowest BCUT2D eigenvalue weighted by molar-refractivity contribution is -0.139. The molecule has 3 heteroatoms. The van der Waals surface area contributed by atoms with Gasteiger partial charge in [-0.25, -0.2) is 5.48 Å². The third kappa shape index (κ3) is 5.67. The number of rotatable bonds is 9. The quantitative estimate of drug-likeness (QED) is 0.387. The Kier molecular flexibility index (Phi) is 7.02. The van der Waals surface area contributed by atoms with Gasteiger partial charge in [-0.1, -0.05) is 38.8 Å². The lowest BCUT2D eigenvalue weighted by Crippen LogP contribution is -2.29. The second kappa shape index (κ2) is 8.30. The molecule has 1 aliphatic carbocycles. The third-order valence-corrected chi connectivity index (χ3v) is 3.47. The zero-order valence-corrected chi connectivity index (χ0v) is 11.9. The molecule has 0 aliphatic heterocycles. The molecule has 0 bridgehead atoms. The van der Waals surface area contributed by atoms with Crippen LogP contribution in [0.2, 0.25) is 0 Å². The van der Waals surface area contributed by atoms with Gasteiger partial charge in [0.1, 0.15) is 0 Å². The zero-order valence-electron chi connectivity index (χ0n) is 11.9. The molecule has 3 atom stereocenters. The van der Waals surface area contributed by atoms with E-state index in [4.69, 9.17) is 4.84 Å². The molecular formula is C15H27NO2. The lowest BCUT2D eigenvalue weighted by Gasteiger charge is -2.10. The first-order chi connectivity index (χ1) is 8.69. The van der Waals surface area contributed by atoms with E-state index in [9.17, 15) is 4.79 Å². The largest absolute Gasteiger partial charge is 0.272 e. The van der Waals surface area contributed by atoms with Crippen LogP contribution in [0, 0.1) is 11.8 Å². The Morgan fingerprint density at radius 3 is 2.89 bits per heavy atom. The molecule has 0 aromatic heterocycles. The van der Waals surface area contributed by atoms with Crippen molar-refractivity contribution in [3.63, 3.8) is 0 Å². The molecule has 18 heavy (non-hydrogen) atoms. The van der Waals surface area contributed by atoms with Gasteiger partial charge in [0.05, 0.1) is 6.10 Å². The molecule has 0 heterocycles. The minimum atomic E-state index is 0.0403. The Morgan fingerprint density at radius 2 is 2.22 bits per heavy atom. The molecule has 1 aliphatic rings. The van der Waals surface area contributed by atoms with Crippen LogP contribution >= 0.6 is 0 Å². The monoisotopic (exact) mass is 253 g/mol. The summed E-state index contributed by atoms with van der Waals surface area (Å²) in [4.78, 5) is 16.9. The number of hydrogen-bond acceptors (Lipinski definition) is 2. The smallest absolute Gasteiger partial charge is 0.247 e. The predicted molar refractivity (Wildman–Crippen MR) is 73.9 cm³/mol. The topological polar surface area (TPSA) is 38.3 Å². The highest BCUT2D eigenvalue weighted by atomic mass is 16.7. The van der Waals surface area contributed by atoms with Gasteiger partial charge in [-0.3, -0.25) is 9.63 Å². The molecule has 0 saturated heterocycles. The fourth-order valence-corrected chi connectivity index (χ4v) is 1.83. The summed E-state index contributed by atoms with van der Waals surface area (Å²) in [5.74, 6) is 0.613. The van der Waals surface area contributed by atoms with E-state index in [1.807, 2.05) is 13.8 Å². The van der Waals surface area contributed by atoms with Gasteiger partial charge in [-0.05, 0) is 38.5 Å². The maximum atomic E-state index is 11.7. The number of carbonyl (C=O) groups excluding carboxylic acids is 1. The van der Waals surface area contributed by atoms with Gasteiger partial charge in [0, 0.05) is 5.92 Å². The van der Waals surface area contributed by atoms with Crippen LogP contribution in [0.25, 0.3) is 0 Å². The molecule has 1 amide bonds. The Bertz CT molecular complexity index is 276. The Morgan fingerprint density at radius 1 is 1.44 bits per heavy atom. The van der Waals surface area contributed by atoms with Crippen molar-refractivity contribution in [2.45, 2.75) is 65.4 Å². The van der Waals surface area contributed by atoms with Gasteiger partial charge in [-0.15, -0.1) is 0 Å². The van der Waals surface area contributed by atoms with Crippen LogP contribution in [-0.2, 0) is 9.63 Å². The highest BCUT2D eigenvalue weighted by Crippen LogP contribution is 2.39. The number of nitrogens with one attached hydrogen (secondary N) is 1. The van der Waals surface area contributed by atoms with E-state index < -0.39 is 0 Å². The molecule has 1 fully saturated rings. The Labute approximate surface area is 111 Å². The molecule has 1 N–H and O–H groups in total. The van der Waals surface area contributed by atoms with Gasteiger partial charge in [0.25, 0.3) is 0 Å². The number of hydroxylamine groups is 1. The second-order valence-electron chi connectivity index (χ2n) is 5.23. The molecule has 3 unspecified atom stereocenters. The van der Waals surface area contributed by atoms with E-state index in [-0.39, 0.29) is 17.9 Å². The normalized spacial score (nSPS) is 24.2. The van der Waals surface area contributed by atoms with Gasteiger partial charge in [-0.2, -0.15) is 0 Å². The number of allylic oxidation sites excluding steroid dienone is 2. The minimum absolute atomic E-state index is 0.0403. The molecule has 0 radical (unpaired) electrons. The van der Waals surface area contributed by atoms with Gasteiger partial charge < -0.3 is 0 Å². The first kappa shape index (κ1) is 15.2. The van der Waals surface area contributed by atoms with Crippen LogP contribution in [0.1, 0.15) is 59.3 Å². The van der Waals surface area contributed by atoms with E-state index in [2.05, 4.69) is 24.6 Å². The van der Waals surface area contributed by atoms with E-state index in [1.165, 1.54) is 19.3 Å². The summed E-state index contributed by atoms with van der Waals surface area (Å²) in [6, 6.07) is 0. The average molecular weight is 253 g/mol. The van der Waals surface area contributed by atoms with E-state index >= 15 is 0 Å². The molecule has 0 aromatic carbocycles. The first-order valence-electron chi connectivity index (χ1n) is 7.31. The van der Waals surface area contributed by atoms with E-state index in [0.29, 0.717) is 5.92 Å². The van der Waals surface area contributed by atoms with Crippen molar-refractivity contribution >= 4 is 5.91 Å². The van der Waals surface area contributed by atoms with Gasteiger partial charge in [0.2, 0.25) is 5.91 Å². The standard InChI is InChI=1S/C15H27NO2/c1-4-6-7-8-9-10-13-11-14(13)15(17)16-18-12(3)5-2/h9-10,12-14H,4-8,11H2,1-3H3,(H,16,17)/b10-9-. The maximum absolute atomic E-state index is 11.7. The van der Waals surface area contributed by atoms with Crippen molar-refractivity contribution in [2.75, 3.05) is 0 Å². The van der Waals surface area contributed by atoms with E-state index in [0.717, 1.165) is 19.3 Å². The van der Waals surface area contributed by atoms with Crippen molar-refractivity contribution in [2.24, 2.45) is 11.8 Å². The Hall–Kier alpha value is -0.830. The number of hydrogen-bond donors (Lipinski definition) is 1. The van der Waals surface area contributed by atoms with Crippen molar-refractivity contribution < 1.29 is 9.63 Å². The van der Waals surface area contributed by atoms with Crippen molar-refractivity contribution in [3.05, 3.63) is 12.2 Å². The van der Waals surface area contributed by atoms with Crippen LogP contribution in [0.3, 0.4) is 0 Å². The summed E-state index contributed by atoms with van der Waals surface area (Å²) >= 11 is 0. The van der Waals surface area contributed by atoms with Crippen LogP contribution in [0.5, 0.6) is 0 Å². The molecule has 1 saturated carbocycles. The van der Waals surface area contributed by atoms with Gasteiger partial charge in [0.15, 0.2) is 0 Å². The van der Waals surface area contributed by atoms with Crippen molar-refractivity contribution in [1.29, 1.82) is 0 Å². The lowest BCUT2D eigenvalue weighted by atomic mass is 10.2. The van der Waals surface area contributed by atoms with Crippen LogP contribution < -0.4 is 5.48 Å². The summed E-state index contributed by atoms with van der Waals surface area (Å²) in [7, 11) is 0. The summed E-state index contributed by atoms with van der Waals surface area (Å²) in [6.07, 6.45) is 11.3. The third-order valence-electron chi connectivity index (χ3n) is 3.47. The van der Waals surface area contributed by atoms with Crippen LogP contribution in [0.15, 0.2) is 12.2 Å². The highest BCUT2D eigenvalue weighted by Gasteiger charge is 2.41. The Balaban J connectivity index is 2.10. The zero-order chi connectivity index (χ0) is 13.4. The number of unbranched alkanes of at least 4 members (excludes halogenated alkanes) is 3. The van der Waals surface area contributed by atoms with Crippen LogP contribution in [-0.4, -0.2) is 12.0 Å². The number of carbonyl (C=O) groups is 1. The second-order valence-corrected chi connectivity index (χ2v) is 5.23. The maximum Gasteiger partial charge on any atom is 0.247 e. The molecule has 3 nitrogen and oxygen atoms in total. The van der Waals surface area contributed by atoms with E-state index in [1.54, 1.807) is 0 Å². The summed E-state index contributed by atoms with van der Waals surface area (Å²) in [6.45, 7) is 6.20. The van der Waals surface area contributed by atoms with Gasteiger partial charge >= 0.3 is 0 Å². The predicted octanol–water partition coefficient (Wildman–Crippen LogP) is 3.61. The fraction of sp³-hybridized carbons (Fsp3) is 0.800. The summed E-state index contributed by atoms with van der Waals surface area (Å²) < 4.78 is 0. The summed E-state index contributed by atoms with van der Waals surface area (Å²) in [5.41, 5.74) is 2.56. The van der Waals surface area contributed by atoms with Crippen molar-refractivity contribution in [1.82, 2.24) is 5.48 Å². The molecule has 1 rings (SSSR count). The first-order valence-corrected chi connectivity index (χ1v) is 7.31. The highest BCUT2D eigenvalue weighted by molar-refractivity contribution is 5.80. The molecule has 0 aromatic rings. The molecular weight excluding hydrogens is 226 g/mol. The summed E-state index contributed by atoms with van der Waals surface area (Å²) in [5, 5.41) is 0. The minimum Gasteiger partial charge on any atom is -0.272 e.